The van der Waals surface area contributed by atoms with Crippen LogP contribution in [0.4, 0.5) is 4.39 Å². The molecule has 0 amide bonds. The predicted molar refractivity (Wildman–Crippen MR) is 82.0 cm³/mol. The van der Waals surface area contributed by atoms with Crippen LogP contribution in [0.2, 0.25) is 0 Å². The number of rotatable bonds is 4. The molecule has 3 nitrogen and oxygen atoms in total. The van der Waals surface area contributed by atoms with Crippen molar-refractivity contribution in [2.24, 2.45) is 12.8 Å². The molecule has 0 fully saturated rings. The van der Waals surface area contributed by atoms with E-state index in [1.165, 1.54) is 11.6 Å². The van der Waals surface area contributed by atoms with Crippen LogP contribution < -0.4 is 5.73 Å². The van der Waals surface area contributed by atoms with Crippen LogP contribution in [0, 0.1) is 19.7 Å². The normalized spacial score (nSPS) is 12.7. The average Bonchev–Trinajstić information content (AvgIpc) is 2.64. The van der Waals surface area contributed by atoms with E-state index in [2.05, 4.69) is 21.0 Å². The molecule has 1 unspecified atom stereocenters. The SMILES string of the molecule is Cc1nn(C)c(C)c1CCC(N)c1cc(Br)ccc1F. The van der Waals surface area contributed by atoms with Gasteiger partial charge in [0.2, 0.25) is 0 Å². The van der Waals surface area contributed by atoms with Crippen molar-refractivity contribution in [3.8, 4) is 0 Å². The Hall–Kier alpha value is -1.20. The quantitative estimate of drug-likeness (QED) is 0.925. The van der Waals surface area contributed by atoms with Crippen LogP contribution >= 0.6 is 15.9 Å². The summed E-state index contributed by atoms with van der Waals surface area (Å²) in [5.41, 5.74) is 10.1. The molecule has 0 saturated heterocycles. The van der Waals surface area contributed by atoms with Gasteiger partial charge in [0.1, 0.15) is 5.82 Å². The molecule has 0 saturated carbocycles. The first-order chi connectivity index (χ1) is 9.40. The molecule has 1 heterocycles. The molecule has 1 aromatic carbocycles. The van der Waals surface area contributed by atoms with Gasteiger partial charge in [-0.3, -0.25) is 4.68 Å². The van der Waals surface area contributed by atoms with Gasteiger partial charge in [-0.25, -0.2) is 4.39 Å². The Morgan fingerprint density at radius 3 is 2.70 bits per heavy atom. The van der Waals surface area contributed by atoms with Crippen LogP contribution in [-0.4, -0.2) is 9.78 Å². The smallest absolute Gasteiger partial charge is 0.128 e. The van der Waals surface area contributed by atoms with E-state index in [0.29, 0.717) is 12.0 Å². The lowest BCUT2D eigenvalue weighted by Gasteiger charge is -2.13. The zero-order chi connectivity index (χ0) is 14.9. The number of hydrogen-bond acceptors (Lipinski definition) is 2. The van der Waals surface area contributed by atoms with Gasteiger partial charge in [-0.05, 0) is 50.5 Å². The maximum atomic E-state index is 13.8. The maximum Gasteiger partial charge on any atom is 0.128 e. The molecule has 5 heteroatoms. The number of aromatic nitrogens is 2. The summed E-state index contributed by atoms with van der Waals surface area (Å²) >= 11 is 3.35. The standard InChI is InChI=1S/C15H19BrFN3/c1-9-12(10(2)20(3)19-9)5-7-15(18)13-8-11(16)4-6-14(13)17/h4,6,8,15H,5,7,18H2,1-3H3. The Bertz CT molecular complexity index is 622. The van der Waals surface area contributed by atoms with E-state index in [9.17, 15) is 4.39 Å². The van der Waals surface area contributed by atoms with Crippen molar-refractivity contribution in [1.82, 2.24) is 9.78 Å². The van der Waals surface area contributed by atoms with Gasteiger partial charge in [-0.2, -0.15) is 5.10 Å². The summed E-state index contributed by atoms with van der Waals surface area (Å²) in [6, 6.07) is 4.57. The second-order valence-electron chi connectivity index (χ2n) is 5.08. The fourth-order valence-corrected chi connectivity index (χ4v) is 2.81. The molecule has 20 heavy (non-hydrogen) atoms. The number of benzene rings is 1. The van der Waals surface area contributed by atoms with Crippen molar-refractivity contribution in [2.75, 3.05) is 0 Å². The van der Waals surface area contributed by atoms with E-state index in [1.54, 1.807) is 12.1 Å². The Balaban J connectivity index is 2.12. The lowest BCUT2D eigenvalue weighted by molar-refractivity contribution is 0.562. The van der Waals surface area contributed by atoms with Gasteiger partial charge in [-0.15, -0.1) is 0 Å². The molecule has 1 aromatic heterocycles. The van der Waals surface area contributed by atoms with Crippen molar-refractivity contribution in [3.05, 3.63) is 51.0 Å². The molecule has 0 aliphatic rings. The van der Waals surface area contributed by atoms with Crippen molar-refractivity contribution in [1.29, 1.82) is 0 Å². The van der Waals surface area contributed by atoms with Crippen LogP contribution in [0.5, 0.6) is 0 Å². The van der Waals surface area contributed by atoms with E-state index < -0.39 is 0 Å². The predicted octanol–water partition coefficient (Wildman–Crippen LogP) is 3.57. The summed E-state index contributed by atoms with van der Waals surface area (Å²) < 4.78 is 16.5. The molecule has 0 aliphatic carbocycles. The van der Waals surface area contributed by atoms with Gasteiger partial charge in [-0.1, -0.05) is 15.9 Å². The zero-order valence-electron chi connectivity index (χ0n) is 12.0. The number of nitrogens with two attached hydrogens (primary N) is 1. The molecule has 2 aromatic rings. The summed E-state index contributed by atoms with van der Waals surface area (Å²) in [7, 11) is 1.93. The summed E-state index contributed by atoms with van der Waals surface area (Å²) in [6.07, 6.45) is 1.50. The lowest BCUT2D eigenvalue weighted by Crippen LogP contribution is -2.13. The molecule has 2 N–H and O–H groups in total. The number of nitrogens with zero attached hydrogens (tertiary/aromatic N) is 2. The average molecular weight is 340 g/mol. The molecule has 1 atom stereocenters. The summed E-state index contributed by atoms with van der Waals surface area (Å²) in [5.74, 6) is -0.250. The molecule has 0 radical (unpaired) electrons. The Morgan fingerprint density at radius 2 is 2.10 bits per heavy atom. The van der Waals surface area contributed by atoms with Gasteiger partial charge >= 0.3 is 0 Å². The Morgan fingerprint density at radius 1 is 1.40 bits per heavy atom. The van der Waals surface area contributed by atoms with Crippen LogP contribution in [0.1, 0.15) is 35.0 Å². The van der Waals surface area contributed by atoms with Crippen LogP contribution in [-0.2, 0) is 13.5 Å². The first kappa shape index (κ1) is 15.2. The minimum atomic E-state index is -0.313. The Labute approximate surface area is 127 Å². The third-order valence-corrected chi connectivity index (χ3v) is 4.21. The highest BCUT2D eigenvalue weighted by molar-refractivity contribution is 9.10. The monoisotopic (exact) mass is 339 g/mol. The maximum absolute atomic E-state index is 13.8. The number of hydrogen-bond donors (Lipinski definition) is 1. The molecule has 0 aliphatic heterocycles. The van der Waals surface area contributed by atoms with Gasteiger partial charge in [0.25, 0.3) is 0 Å². The first-order valence-corrected chi connectivity index (χ1v) is 7.39. The van der Waals surface area contributed by atoms with Gasteiger partial charge < -0.3 is 5.73 Å². The van der Waals surface area contributed by atoms with E-state index >= 15 is 0 Å². The second kappa shape index (κ2) is 6.06. The Kier molecular flexibility index (Phi) is 4.60. The highest BCUT2D eigenvalue weighted by atomic mass is 79.9. The van der Waals surface area contributed by atoms with Crippen LogP contribution in [0.25, 0.3) is 0 Å². The van der Waals surface area contributed by atoms with Crippen LogP contribution in [0.3, 0.4) is 0 Å². The minimum absolute atomic E-state index is 0.250. The second-order valence-corrected chi connectivity index (χ2v) is 6.00. The molecular formula is C15H19BrFN3. The first-order valence-electron chi connectivity index (χ1n) is 6.59. The summed E-state index contributed by atoms with van der Waals surface area (Å²) in [4.78, 5) is 0. The zero-order valence-corrected chi connectivity index (χ0v) is 13.5. The van der Waals surface area contributed by atoms with E-state index in [0.717, 1.165) is 22.3 Å². The van der Waals surface area contributed by atoms with Crippen molar-refractivity contribution in [2.45, 2.75) is 32.7 Å². The van der Waals surface area contributed by atoms with Crippen molar-refractivity contribution < 1.29 is 4.39 Å². The van der Waals surface area contributed by atoms with Gasteiger partial charge in [0.05, 0.1) is 5.69 Å². The lowest BCUT2D eigenvalue weighted by atomic mass is 9.98. The molecule has 0 spiro atoms. The highest BCUT2D eigenvalue weighted by Crippen LogP contribution is 2.24. The summed E-state index contributed by atoms with van der Waals surface area (Å²) in [5, 5.41) is 4.39. The molecule has 108 valence electrons. The van der Waals surface area contributed by atoms with E-state index in [-0.39, 0.29) is 11.9 Å². The number of halogens is 2. The summed E-state index contributed by atoms with van der Waals surface area (Å²) in [6.45, 7) is 4.04. The van der Waals surface area contributed by atoms with Gasteiger partial charge in [0.15, 0.2) is 0 Å². The van der Waals surface area contributed by atoms with E-state index in [4.69, 9.17) is 5.73 Å². The fourth-order valence-electron chi connectivity index (χ4n) is 2.43. The molecule has 2 rings (SSSR count). The van der Waals surface area contributed by atoms with Crippen molar-refractivity contribution >= 4 is 15.9 Å². The van der Waals surface area contributed by atoms with E-state index in [1.807, 2.05) is 25.6 Å². The van der Waals surface area contributed by atoms with Crippen molar-refractivity contribution in [3.63, 3.8) is 0 Å². The largest absolute Gasteiger partial charge is 0.324 e. The third-order valence-electron chi connectivity index (χ3n) is 3.72. The molecule has 0 bridgehead atoms. The molecular weight excluding hydrogens is 321 g/mol. The number of aryl methyl sites for hydroxylation is 2. The minimum Gasteiger partial charge on any atom is -0.324 e. The van der Waals surface area contributed by atoms with Gasteiger partial charge in [0, 0.05) is 28.8 Å². The topological polar surface area (TPSA) is 43.8 Å². The third kappa shape index (κ3) is 3.10. The highest BCUT2D eigenvalue weighted by Gasteiger charge is 2.15. The fraction of sp³-hybridized carbons (Fsp3) is 0.400. The van der Waals surface area contributed by atoms with Crippen LogP contribution in [0.15, 0.2) is 22.7 Å².